The summed E-state index contributed by atoms with van der Waals surface area (Å²) in [5.74, 6) is 0. The first kappa shape index (κ1) is 11.6. The van der Waals surface area contributed by atoms with Crippen LogP contribution in [0.3, 0.4) is 0 Å². The average Bonchev–Trinajstić information content (AvgIpc) is 2.28. The molecule has 1 fully saturated rings. The number of aliphatic hydroxyl groups excluding tert-OH is 1. The summed E-state index contributed by atoms with van der Waals surface area (Å²) in [5.41, 5.74) is 1.48. The van der Waals surface area contributed by atoms with Gasteiger partial charge in [-0.05, 0) is 44.7 Å². The third-order valence-corrected chi connectivity index (χ3v) is 3.52. The van der Waals surface area contributed by atoms with Gasteiger partial charge < -0.3 is 10.4 Å². The number of hydrogen-bond donors (Lipinski definition) is 2. The van der Waals surface area contributed by atoms with Crippen LogP contribution in [0.25, 0.3) is 0 Å². The first-order valence-corrected chi connectivity index (χ1v) is 6.15. The predicted octanol–water partition coefficient (Wildman–Crippen LogP) is 2.12. The van der Waals surface area contributed by atoms with Gasteiger partial charge in [0.05, 0.1) is 6.10 Å². The van der Waals surface area contributed by atoms with Crippen molar-refractivity contribution in [3.05, 3.63) is 35.9 Å². The quantitative estimate of drug-likeness (QED) is 0.816. The van der Waals surface area contributed by atoms with Crippen LogP contribution in [-0.2, 0) is 6.42 Å². The van der Waals surface area contributed by atoms with Crippen molar-refractivity contribution in [2.75, 3.05) is 6.54 Å². The summed E-state index contributed by atoms with van der Waals surface area (Å²) in [7, 11) is 0. The van der Waals surface area contributed by atoms with Crippen LogP contribution < -0.4 is 5.32 Å². The zero-order valence-corrected chi connectivity index (χ0v) is 9.95. The number of benzene rings is 1. The summed E-state index contributed by atoms with van der Waals surface area (Å²) >= 11 is 0. The molecule has 16 heavy (non-hydrogen) atoms. The average molecular weight is 219 g/mol. The molecule has 1 aliphatic heterocycles. The summed E-state index contributed by atoms with van der Waals surface area (Å²) in [4.78, 5) is 0. The summed E-state index contributed by atoms with van der Waals surface area (Å²) in [5, 5.41) is 13.2. The second kappa shape index (κ2) is 4.98. The van der Waals surface area contributed by atoms with Gasteiger partial charge in [-0.1, -0.05) is 30.3 Å². The molecule has 1 aromatic rings. The van der Waals surface area contributed by atoms with Gasteiger partial charge in [-0.3, -0.25) is 0 Å². The van der Waals surface area contributed by atoms with Crippen molar-refractivity contribution in [2.45, 2.75) is 44.2 Å². The molecular formula is C14H21NO. The van der Waals surface area contributed by atoms with E-state index in [0.717, 1.165) is 32.2 Å². The van der Waals surface area contributed by atoms with E-state index in [-0.39, 0.29) is 11.6 Å². The van der Waals surface area contributed by atoms with Crippen molar-refractivity contribution in [1.29, 1.82) is 0 Å². The Morgan fingerprint density at radius 3 is 2.81 bits per heavy atom. The van der Waals surface area contributed by atoms with Crippen molar-refractivity contribution >= 4 is 0 Å². The standard InChI is InChI=1S/C14H21NO/c1-14(11-13(16)8-10-15-14)9-7-12-5-3-2-4-6-12/h2-6,13,15-16H,7-11H2,1H3. The topological polar surface area (TPSA) is 32.3 Å². The van der Waals surface area contributed by atoms with Gasteiger partial charge in [0.15, 0.2) is 0 Å². The van der Waals surface area contributed by atoms with Crippen molar-refractivity contribution in [2.24, 2.45) is 0 Å². The van der Waals surface area contributed by atoms with Crippen molar-refractivity contribution in [3.8, 4) is 0 Å². The third kappa shape index (κ3) is 3.06. The second-order valence-corrected chi connectivity index (χ2v) is 5.12. The van der Waals surface area contributed by atoms with Gasteiger partial charge in [-0.25, -0.2) is 0 Å². The number of aryl methyl sites for hydroxylation is 1. The normalized spacial score (nSPS) is 30.2. The molecule has 2 heteroatoms. The monoisotopic (exact) mass is 219 g/mol. The van der Waals surface area contributed by atoms with E-state index in [1.165, 1.54) is 5.56 Å². The zero-order chi connectivity index (χ0) is 11.4. The van der Waals surface area contributed by atoms with Crippen LogP contribution in [0.15, 0.2) is 30.3 Å². The highest BCUT2D eigenvalue weighted by atomic mass is 16.3. The van der Waals surface area contributed by atoms with Crippen molar-refractivity contribution in [1.82, 2.24) is 5.32 Å². The van der Waals surface area contributed by atoms with E-state index >= 15 is 0 Å². The van der Waals surface area contributed by atoms with E-state index in [0.29, 0.717) is 0 Å². The van der Waals surface area contributed by atoms with E-state index in [2.05, 4.69) is 36.5 Å². The third-order valence-electron chi connectivity index (χ3n) is 3.52. The minimum Gasteiger partial charge on any atom is -0.393 e. The molecular weight excluding hydrogens is 198 g/mol. The minimum absolute atomic E-state index is 0.105. The Labute approximate surface area is 97.7 Å². The molecule has 2 unspecified atom stereocenters. The van der Waals surface area contributed by atoms with Crippen LogP contribution in [0.1, 0.15) is 31.7 Å². The maximum Gasteiger partial charge on any atom is 0.0569 e. The van der Waals surface area contributed by atoms with Crippen LogP contribution in [0.2, 0.25) is 0 Å². The van der Waals surface area contributed by atoms with Crippen LogP contribution in [0, 0.1) is 0 Å². The van der Waals surface area contributed by atoms with Crippen LogP contribution >= 0.6 is 0 Å². The Bertz CT molecular complexity index is 325. The fraction of sp³-hybridized carbons (Fsp3) is 0.571. The van der Waals surface area contributed by atoms with Crippen molar-refractivity contribution < 1.29 is 5.11 Å². The molecule has 2 N–H and O–H groups in total. The smallest absolute Gasteiger partial charge is 0.0569 e. The Morgan fingerprint density at radius 2 is 2.12 bits per heavy atom. The van der Waals surface area contributed by atoms with Gasteiger partial charge in [-0.2, -0.15) is 0 Å². The molecule has 0 bridgehead atoms. The first-order valence-electron chi connectivity index (χ1n) is 6.15. The molecule has 0 aromatic heterocycles. The summed E-state index contributed by atoms with van der Waals surface area (Å²) in [6.45, 7) is 3.16. The van der Waals surface area contributed by atoms with Gasteiger partial charge in [0, 0.05) is 5.54 Å². The van der Waals surface area contributed by atoms with Crippen molar-refractivity contribution in [3.63, 3.8) is 0 Å². The molecule has 1 aliphatic rings. The molecule has 2 atom stereocenters. The second-order valence-electron chi connectivity index (χ2n) is 5.12. The molecule has 1 heterocycles. The number of piperidine rings is 1. The Hall–Kier alpha value is -0.860. The number of aliphatic hydroxyl groups is 1. The maximum atomic E-state index is 9.70. The van der Waals surface area contributed by atoms with Gasteiger partial charge >= 0.3 is 0 Å². The van der Waals surface area contributed by atoms with E-state index in [4.69, 9.17) is 0 Å². The zero-order valence-electron chi connectivity index (χ0n) is 9.95. The molecule has 88 valence electrons. The molecule has 0 saturated carbocycles. The molecule has 0 spiro atoms. The highest BCUT2D eigenvalue weighted by molar-refractivity contribution is 5.15. The molecule has 1 saturated heterocycles. The maximum absolute atomic E-state index is 9.70. The fourth-order valence-electron chi connectivity index (χ4n) is 2.49. The highest BCUT2D eigenvalue weighted by Crippen LogP contribution is 2.24. The Kier molecular flexibility index (Phi) is 3.62. The Balaban J connectivity index is 1.89. The molecule has 2 nitrogen and oxygen atoms in total. The summed E-state index contributed by atoms with van der Waals surface area (Å²) in [6.07, 6.45) is 3.81. The molecule has 2 rings (SSSR count). The predicted molar refractivity (Wildman–Crippen MR) is 66.4 cm³/mol. The van der Waals surface area contributed by atoms with E-state index in [1.807, 2.05) is 6.07 Å². The number of hydrogen-bond acceptors (Lipinski definition) is 2. The number of rotatable bonds is 3. The number of nitrogens with one attached hydrogen (secondary N) is 1. The van der Waals surface area contributed by atoms with E-state index in [9.17, 15) is 5.11 Å². The highest BCUT2D eigenvalue weighted by Gasteiger charge is 2.30. The fourth-order valence-corrected chi connectivity index (χ4v) is 2.49. The summed E-state index contributed by atoms with van der Waals surface area (Å²) in [6, 6.07) is 10.6. The van der Waals surface area contributed by atoms with Gasteiger partial charge in [0.25, 0.3) is 0 Å². The van der Waals surface area contributed by atoms with Gasteiger partial charge in [-0.15, -0.1) is 0 Å². The SMILES string of the molecule is CC1(CCc2ccccc2)CC(O)CCN1. The lowest BCUT2D eigenvalue weighted by Gasteiger charge is -2.37. The summed E-state index contributed by atoms with van der Waals surface area (Å²) < 4.78 is 0. The molecule has 0 amide bonds. The lowest BCUT2D eigenvalue weighted by molar-refractivity contribution is 0.0807. The van der Waals surface area contributed by atoms with Gasteiger partial charge in [0.2, 0.25) is 0 Å². The lowest BCUT2D eigenvalue weighted by atomic mass is 9.84. The lowest BCUT2D eigenvalue weighted by Crippen LogP contribution is -2.50. The van der Waals surface area contributed by atoms with Crippen LogP contribution in [-0.4, -0.2) is 23.3 Å². The van der Waals surface area contributed by atoms with E-state index < -0.39 is 0 Å². The molecule has 1 aromatic carbocycles. The Morgan fingerprint density at radius 1 is 1.38 bits per heavy atom. The largest absolute Gasteiger partial charge is 0.393 e. The van der Waals surface area contributed by atoms with Gasteiger partial charge in [0.1, 0.15) is 0 Å². The van der Waals surface area contributed by atoms with Crippen LogP contribution in [0.4, 0.5) is 0 Å². The van der Waals surface area contributed by atoms with E-state index in [1.54, 1.807) is 0 Å². The minimum atomic E-state index is -0.123. The first-order chi connectivity index (χ1) is 7.68. The molecule has 0 aliphatic carbocycles. The molecule has 0 radical (unpaired) electrons. The van der Waals surface area contributed by atoms with Crippen LogP contribution in [0.5, 0.6) is 0 Å².